The van der Waals surface area contributed by atoms with Gasteiger partial charge in [-0.05, 0) is 19.3 Å². The van der Waals surface area contributed by atoms with Gasteiger partial charge in [-0.1, -0.05) is 26.7 Å². The van der Waals surface area contributed by atoms with Crippen molar-refractivity contribution in [2.45, 2.75) is 51.8 Å². The molecule has 1 nitrogen and oxygen atoms in total. The van der Waals surface area contributed by atoms with E-state index in [4.69, 9.17) is 5.11 Å². The molecule has 0 rings (SSSR count). The van der Waals surface area contributed by atoms with Gasteiger partial charge >= 0.3 is 6.18 Å². The quantitative estimate of drug-likeness (QED) is 0.735. The lowest BCUT2D eigenvalue weighted by Gasteiger charge is -2.28. The van der Waals surface area contributed by atoms with Gasteiger partial charge in [0, 0.05) is 0 Å². The highest BCUT2D eigenvalue weighted by Gasteiger charge is 2.49. The van der Waals surface area contributed by atoms with Gasteiger partial charge in [0.15, 0.2) is 5.60 Å². The smallest absolute Gasteiger partial charge is 0.381 e. The average Bonchev–Trinajstić information content (AvgIpc) is 1.83. The number of halogens is 3. The summed E-state index contributed by atoms with van der Waals surface area (Å²) >= 11 is 0. The van der Waals surface area contributed by atoms with Gasteiger partial charge in [0.05, 0.1) is 0 Å². The van der Waals surface area contributed by atoms with Crippen molar-refractivity contribution in [3.05, 3.63) is 0 Å². The summed E-state index contributed by atoms with van der Waals surface area (Å²) in [5.74, 6) is -0.0957. The van der Waals surface area contributed by atoms with Gasteiger partial charge in [-0.15, -0.1) is 0 Å². The Kier molecular flexibility index (Phi) is 4.23. The molecule has 0 saturated carbocycles. The van der Waals surface area contributed by atoms with Crippen molar-refractivity contribution in [1.82, 2.24) is 0 Å². The van der Waals surface area contributed by atoms with E-state index in [0.29, 0.717) is 6.42 Å². The topological polar surface area (TPSA) is 20.2 Å². The van der Waals surface area contributed by atoms with Crippen molar-refractivity contribution >= 4 is 0 Å². The maximum absolute atomic E-state index is 12.2. The van der Waals surface area contributed by atoms with E-state index in [-0.39, 0.29) is 12.3 Å². The molecule has 0 amide bonds. The Labute approximate surface area is 76.9 Å². The largest absolute Gasteiger partial charge is 0.416 e. The van der Waals surface area contributed by atoms with E-state index in [0.717, 1.165) is 13.3 Å². The average molecular weight is 198 g/mol. The third-order valence-electron chi connectivity index (χ3n) is 2.14. The first-order chi connectivity index (χ1) is 5.70. The van der Waals surface area contributed by atoms with Crippen LogP contribution in [0.15, 0.2) is 0 Å². The zero-order valence-corrected chi connectivity index (χ0v) is 8.28. The summed E-state index contributed by atoms with van der Waals surface area (Å²) in [6.07, 6.45) is -3.18. The second-order valence-corrected chi connectivity index (χ2v) is 3.87. The van der Waals surface area contributed by atoms with Gasteiger partial charge in [-0.3, -0.25) is 0 Å². The molecule has 0 aliphatic rings. The molecule has 1 N–H and O–H groups in total. The number of aliphatic hydroxyl groups is 1. The van der Waals surface area contributed by atoms with Gasteiger partial charge in [0.1, 0.15) is 0 Å². The zero-order chi connectivity index (χ0) is 10.7. The molecule has 0 radical (unpaired) electrons. The standard InChI is InChI=1S/C9H17F3O/c1-4-5-7(2)6-8(3,13)9(10,11)12/h7,13H,4-6H2,1-3H3. The Morgan fingerprint density at radius 3 is 2.08 bits per heavy atom. The lowest BCUT2D eigenvalue weighted by molar-refractivity contribution is -0.258. The summed E-state index contributed by atoms with van der Waals surface area (Å²) in [6.45, 7) is 4.47. The van der Waals surface area contributed by atoms with Gasteiger partial charge in [-0.25, -0.2) is 0 Å². The summed E-state index contributed by atoms with van der Waals surface area (Å²) < 4.78 is 36.6. The highest BCUT2D eigenvalue weighted by molar-refractivity contribution is 4.82. The third kappa shape index (κ3) is 3.98. The molecule has 0 aromatic heterocycles. The molecule has 2 atom stereocenters. The van der Waals surface area contributed by atoms with Crippen LogP contribution in [0.2, 0.25) is 0 Å². The third-order valence-corrected chi connectivity index (χ3v) is 2.14. The molecule has 2 unspecified atom stereocenters. The summed E-state index contributed by atoms with van der Waals surface area (Å²) in [4.78, 5) is 0. The lowest BCUT2D eigenvalue weighted by Crippen LogP contribution is -2.43. The predicted molar refractivity (Wildman–Crippen MR) is 45.4 cm³/mol. The first-order valence-corrected chi connectivity index (χ1v) is 4.50. The van der Waals surface area contributed by atoms with Crippen LogP contribution in [-0.4, -0.2) is 16.9 Å². The van der Waals surface area contributed by atoms with Crippen molar-refractivity contribution in [2.24, 2.45) is 5.92 Å². The van der Waals surface area contributed by atoms with E-state index in [9.17, 15) is 13.2 Å². The van der Waals surface area contributed by atoms with Crippen molar-refractivity contribution in [1.29, 1.82) is 0 Å². The summed E-state index contributed by atoms with van der Waals surface area (Å²) in [5.41, 5.74) is -2.54. The number of hydrogen-bond donors (Lipinski definition) is 1. The Morgan fingerprint density at radius 1 is 1.31 bits per heavy atom. The first-order valence-electron chi connectivity index (χ1n) is 4.50. The predicted octanol–water partition coefficient (Wildman–Crippen LogP) is 3.13. The maximum atomic E-state index is 12.2. The summed E-state index contributed by atoms with van der Waals surface area (Å²) in [6, 6.07) is 0. The van der Waals surface area contributed by atoms with E-state index in [1.165, 1.54) is 0 Å². The molecular weight excluding hydrogens is 181 g/mol. The molecule has 0 aliphatic heterocycles. The van der Waals surface area contributed by atoms with E-state index in [2.05, 4.69) is 0 Å². The minimum atomic E-state index is -4.52. The van der Waals surface area contributed by atoms with E-state index in [1.54, 1.807) is 6.92 Å². The number of rotatable bonds is 4. The second kappa shape index (κ2) is 4.31. The Hall–Kier alpha value is -0.250. The molecule has 0 fully saturated rings. The van der Waals surface area contributed by atoms with Gasteiger partial charge in [-0.2, -0.15) is 13.2 Å². The molecule has 0 aliphatic carbocycles. The molecular formula is C9H17F3O. The molecule has 4 heteroatoms. The fraction of sp³-hybridized carbons (Fsp3) is 1.00. The molecule has 80 valence electrons. The molecule has 13 heavy (non-hydrogen) atoms. The Morgan fingerprint density at radius 2 is 1.77 bits per heavy atom. The number of hydrogen-bond acceptors (Lipinski definition) is 1. The molecule has 0 saturated heterocycles. The van der Waals surface area contributed by atoms with E-state index >= 15 is 0 Å². The van der Waals surface area contributed by atoms with Gasteiger partial charge < -0.3 is 5.11 Å². The maximum Gasteiger partial charge on any atom is 0.416 e. The molecule has 0 aromatic rings. The van der Waals surface area contributed by atoms with Crippen LogP contribution in [0.25, 0.3) is 0 Å². The second-order valence-electron chi connectivity index (χ2n) is 3.87. The van der Waals surface area contributed by atoms with Crippen molar-refractivity contribution in [2.75, 3.05) is 0 Å². The van der Waals surface area contributed by atoms with E-state index < -0.39 is 11.8 Å². The Balaban J connectivity index is 4.17. The fourth-order valence-electron chi connectivity index (χ4n) is 1.39. The highest BCUT2D eigenvalue weighted by atomic mass is 19.4. The normalized spacial score (nSPS) is 19.6. The van der Waals surface area contributed by atoms with Crippen LogP contribution in [0.1, 0.15) is 40.0 Å². The SMILES string of the molecule is CCCC(C)CC(C)(O)C(F)(F)F. The van der Waals surface area contributed by atoms with Crippen LogP contribution < -0.4 is 0 Å². The van der Waals surface area contributed by atoms with Crippen molar-refractivity contribution in [3.63, 3.8) is 0 Å². The van der Waals surface area contributed by atoms with Gasteiger partial charge in [0.2, 0.25) is 0 Å². The molecule has 0 bridgehead atoms. The minimum absolute atomic E-state index is 0.0957. The van der Waals surface area contributed by atoms with Gasteiger partial charge in [0.25, 0.3) is 0 Å². The monoisotopic (exact) mass is 198 g/mol. The minimum Gasteiger partial charge on any atom is -0.381 e. The van der Waals surface area contributed by atoms with Crippen LogP contribution in [0.4, 0.5) is 13.2 Å². The highest BCUT2D eigenvalue weighted by Crippen LogP contribution is 2.35. The first kappa shape index (κ1) is 12.8. The van der Waals surface area contributed by atoms with Crippen LogP contribution in [0.3, 0.4) is 0 Å². The van der Waals surface area contributed by atoms with Crippen LogP contribution in [0.5, 0.6) is 0 Å². The zero-order valence-electron chi connectivity index (χ0n) is 8.28. The van der Waals surface area contributed by atoms with Crippen LogP contribution in [-0.2, 0) is 0 Å². The lowest BCUT2D eigenvalue weighted by atomic mass is 9.90. The van der Waals surface area contributed by atoms with Crippen molar-refractivity contribution < 1.29 is 18.3 Å². The fourth-order valence-corrected chi connectivity index (χ4v) is 1.39. The molecule has 0 aromatic carbocycles. The van der Waals surface area contributed by atoms with Crippen molar-refractivity contribution in [3.8, 4) is 0 Å². The summed E-state index contributed by atoms with van der Waals surface area (Å²) in [5, 5.41) is 9.12. The Bertz CT molecular complexity index is 151. The van der Waals surface area contributed by atoms with Crippen LogP contribution >= 0.6 is 0 Å². The number of alkyl halides is 3. The molecule has 0 heterocycles. The summed E-state index contributed by atoms with van der Waals surface area (Å²) in [7, 11) is 0. The molecule has 0 spiro atoms. The van der Waals surface area contributed by atoms with Crippen LogP contribution in [0, 0.1) is 5.92 Å². The van der Waals surface area contributed by atoms with E-state index in [1.807, 2.05) is 6.92 Å².